The van der Waals surface area contributed by atoms with Gasteiger partial charge in [-0.1, -0.05) is 44.2 Å². The van der Waals surface area contributed by atoms with Crippen molar-refractivity contribution in [2.75, 3.05) is 31.8 Å². The van der Waals surface area contributed by atoms with Crippen molar-refractivity contribution >= 4 is 41.4 Å². The molecule has 210 valence electrons. The molecule has 12 heteroatoms. The lowest BCUT2D eigenvalue weighted by Gasteiger charge is -2.32. The number of ether oxygens (including phenoxy) is 1. The average molecular weight is 550 g/mol. The zero-order chi connectivity index (χ0) is 28.4. The summed E-state index contributed by atoms with van der Waals surface area (Å²) in [6.45, 7) is 7.49. The molecule has 0 radical (unpaired) electrons. The van der Waals surface area contributed by atoms with Crippen LogP contribution in [0.15, 0.2) is 30.3 Å². The van der Waals surface area contributed by atoms with E-state index in [1.54, 1.807) is 45.2 Å². The van der Waals surface area contributed by atoms with Gasteiger partial charge < -0.3 is 30.9 Å². The predicted octanol–water partition coefficient (Wildman–Crippen LogP) is 0.966. The van der Waals surface area contributed by atoms with Gasteiger partial charge in [0.15, 0.2) is 0 Å². The van der Waals surface area contributed by atoms with Gasteiger partial charge in [-0.25, -0.2) is 9.59 Å². The fraction of sp³-hybridized carbons (Fsp3) is 0.577. The number of esters is 1. The first-order valence-electron chi connectivity index (χ1n) is 12.6. The number of nitrogens with one attached hydrogen (secondary N) is 2. The van der Waals surface area contributed by atoms with E-state index < -0.39 is 47.9 Å². The first kappa shape index (κ1) is 31.1. The molecule has 1 aliphatic rings. The van der Waals surface area contributed by atoms with Crippen molar-refractivity contribution in [1.82, 2.24) is 20.4 Å². The number of benzene rings is 1. The lowest BCUT2D eigenvalue weighted by Crippen LogP contribution is -2.58. The molecule has 4 N–H and O–H groups in total. The van der Waals surface area contributed by atoms with Crippen molar-refractivity contribution in [1.29, 1.82) is 0 Å². The summed E-state index contributed by atoms with van der Waals surface area (Å²) in [5.41, 5.74) is 6.23. The highest BCUT2D eigenvalue weighted by molar-refractivity contribution is 7.99. The minimum Gasteiger partial charge on any atom is -0.457 e. The first-order valence-corrected chi connectivity index (χ1v) is 13.8. The largest absolute Gasteiger partial charge is 0.457 e. The molecule has 1 heterocycles. The molecule has 1 aromatic rings. The topological polar surface area (TPSA) is 151 Å². The maximum absolute atomic E-state index is 13.5. The Labute approximate surface area is 228 Å². The number of carbonyl (C=O) groups is 5. The Hall–Kier alpha value is -3.12. The molecule has 0 aliphatic carbocycles. The minimum atomic E-state index is -1.32. The van der Waals surface area contributed by atoms with Crippen LogP contribution in [-0.4, -0.2) is 89.5 Å². The first-order chi connectivity index (χ1) is 18.0. The Morgan fingerprint density at radius 2 is 1.79 bits per heavy atom. The summed E-state index contributed by atoms with van der Waals surface area (Å²) in [5.74, 6) is -3.89. The van der Waals surface area contributed by atoms with Crippen LogP contribution in [0.5, 0.6) is 0 Å². The number of nitrogens with two attached hydrogens (primary N) is 1. The quantitative estimate of drug-likeness (QED) is 0.198. The molecule has 2 rings (SSSR count). The number of likely N-dealkylation sites (N-methyl/N-ethyl adjacent to an activating group) is 1. The maximum Gasteiger partial charge on any atom is 0.375 e. The Morgan fingerprint density at radius 3 is 2.37 bits per heavy atom. The van der Waals surface area contributed by atoms with Gasteiger partial charge in [0.1, 0.15) is 18.1 Å². The average Bonchev–Trinajstić information content (AvgIpc) is 3.32. The van der Waals surface area contributed by atoms with E-state index in [1.807, 2.05) is 19.9 Å². The molecule has 0 spiro atoms. The van der Waals surface area contributed by atoms with Crippen molar-refractivity contribution in [2.24, 2.45) is 17.6 Å². The minimum absolute atomic E-state index is 0.00463. The third kappa shape index (κ3) is 8.73. The van der Waals surface area contributed by atoms with Gasteiger partial charge >= 0.3 is 12.0 Å². The molecule has 0 unspecified atom stereocenters. The summed E-state index contributed by atoms with van der Waals surface area (Å²) in [7, 11) is 1.59. The molecule has 1 fully saturated rings. The molecule has 1 aliphatic heterocycles. The van der Waals surface area contributed by atoms with Gasteiger partial charge in [-0.05, 0) is 31.7 Å². The molecule has 1 saturated heterocycles. The van der Waals surface area contributed by atoms with E-state index in [1.165, 1.54) is 21.6 Å². The molecule has 3 atom stereocenters. The Bertz CT molecular complexity index is 990. The fourth-order valence-corrected chi connectivity index (χ4v) is 4.94. The van der Waals surface area contributed by atoms with E-state index >= 15 is 0 Å². The zero-order valence-corrected chi connectivity index (χ0v) is 23.5. The number of hydrogen-bond acceptors (Lipinski definition) is 8. The van der Waals surface area contributed by atoms with Crippen LogP contribution in [0.3, 0.4) is 0 Å². The highest BCUT2D eigenvalue weighted by Gasteiger charge is 2.40. The molecule has 38 heavy (non-hydrogen) atoms. The lowest BCUT2D eigenvalue weighted by atomic mass is 9.94. The number of carbonyl (C=O) groups excluding carboxylic acids is 5. The molecular weight excluding hydrogens is 510 g/mol. The SMILES string of the molecule is CC(C)OC(=O)C(=O)[C@H](Cc1ccccc1)C(=O)N[C@H]1CSCN1C(=O)[C@@H](NC(=O)N(C)CCN)C(C)C. The molecule has 0 saturated carbocycles. The van der Waals surface area contributed by atoms with Crippen LogP contribution in [0.2, 0.25) is 0 Å². The number of amides is 4. The Morgan fingerprint density at radius 1 is 1.13 bits per heavy atom. The zero-order valence-electron chi connectivity index (χ0n) is 22.6. The Kier molecular flexibility index (Phi) is 12.0. The normalized spacial score (nSPS) is 16.6. The smallest absolute Gasteiger partial charge is 0.375 e. The number of Topliss-reactive ketones (excluding diaryl/α,β-unsaturated/α-hetero) is 1. The van der Waals surface area contributed by atoms with Crippen molar-refractivity contribution in [3.63, 3.8) is 0 Å². The van der Waals surface area contributed by atoms with Crippen LogP contribution in [0.4, 0.5) is 4.79 Å². The van der Waals surface area contributed by atoms with Gasteiger partial charge in [-0.3, -0.25) is 14.4 Å². The summed E-state index contributed by atoms with van der Waals surface area (Å²) in [6.07, 6.45) is -1.23. The van der Waals surface area contributed by atoms with E-state index in [2.05, 4.69) is 10.6 Å². The van der Waals surface area contributed by atoms with Gasteiger partial charge in [-0.15, -0.1) is 11.8 Å². The van der Waals surface area contributed by atoms with Gasteiger partial charge in [0.05, 0.1) is 12.0 Å². The molecule has 0 bridgehead atoms. The third-order valence-electron chi connectivity index (χ3n) is 5.96. The summed E-state index contributed by atoms with van der Waals surface area (Å²) in [6, 6.07) is 7.64. The van der Waals surface area contributed by atoms with Gasteiger partial charge in [0.2, 0.25) is 11.8 Å². The molecule has 1 aromatic carbocycles. The molecule has 11 nitrogen and oxygen atoms in total. The number of ketones is 1. The molecule has 4 amide bonds. The van der Waals surface area contributed by atoms with Gasteiger partial charge in [-0.2, -0.15) is 0 Å². The standard InChI is InChI=1S/C26H39N5O6S/c1-16(2)21(29-26(36)30(5)12-11-27)24(34)31-15-38-14-20(31)28-23(33)19(13-18-9-7-6-8-10-18)22(32)25(35)37-17(3)4/h6-10,16-17,19-21H,11-15,27H2,1-5H3,(H,28,33)(H,29,36)/t19-,20+,21-/m0/s1. The van der Waals surface area contributed by atoms with Crippen LogP contribution >= 0.6 is 11.8 Å². The van der Waals surface area contributed by atoms with Crippen LogP contribution in [0.1, 0.15) is 33.3 Å². The van der Waals surface area contributed by atoms with E-state index in [0.717, 1.165) is 0 Å². The second kappa shape index (κ2) is 14.7. The van der Waals surface area contributed by atoms with Crippen LogP contribution in [0, 0.1) is 11.8 Å². The third-order valence-corrected chi connectivity index (χ3v) is 6.97. The number of thioether (sulfide) groups is 1. The number of urea groups is 1. The van der Waals surface area contributed by atoms with Crippen molar-refractivity contribution in [3.8, 4) is 0 Å². The van der Waals surface area contributed by atoms with E-state index in [0.29, 0.717) is 23.7 Å². The van der Waals surface area contributed by atoms with Crippen molar-refractivity contribution in [2.45, 2.75) is 52.4 Å². The second-order valence-electron chi connectivity index (χ2n) is 9.77. The second-order valence-corrected chi connectivity index (χ2v) is 10.8. The number of hydrogen-bond donors (Lipinski definition) is 3. The van der Waals surface area contributed by atoms with Gasteiger partial charge in [0, 0.05) is 25.9 Å². The predicted molar refractivity (Wildman–Crippen MR) is 145 cm³/mol. The van der Waals surface area contributed by atoms with Crippen LogP contribution in [0.25, 0.3) is 0 Å². The van der Waals surface area contributed by atoms with Crippen LogP contribution < -0.4 is 16.4 Å². The summed E-state index contributed by atoms with van der Waals surface area (Å²) in [5, 5.41) is 5.55. The van der Waals surface area contributed by atoms with Crippen molar-refractivity contribution < 1.29 is 28.7 Å². The highest BCUT2D eigenvalue weighted by Crippen LogP contribution is 2.23. The monoisotopic (exact) mass is 549 g/mol. The summed E-state index contributed by atoms with van der Waals surface area (Å²) in [4.78, 5) is 67.6. The van der Waals surface area contributed by atoms with E-state index in [-0.39, 0.29) is 24.8 Å². The summed E-state index contributed by atoms with van der Waals surface area (Å²) >= 11 is 1.44. The molecular formula is C26H39N5O6S. The fourth-order valence-electron chi connectivity index (χ4n) is 3.84. The van der Waals surface area contributed by atoms with E-state index in [9.17, 15) is 24.0 Å². The van der Waals surface area contributed by atoms with Crippen LogP contribution in [-0.2, 0) is 30.3 Å². The van der Waals surface area contributed by atoms with Gasteiger partial charge in [0.25, 0.3) is 5.78 Å². The van der Waals surface area contributed by atoms with Crippen molar-refractivity contribution in [3.05, 3.63) is 35.9 Å². The Balaban J connectivity index is 2.20. The van der Waals surface area contributed by atoms with E-state index in [4.69, 9.17) is 10.5 Å². The molecule has 0 aromatic heterocycles. The lowest BCUT2D eigenvalue weighted by molar-refractivity contribution is -0.160. The summed E-state index contributed by atoms with van der Waals surface area (Å²) < 4.78 is 5.05. The highest BCUT2D eigenvalue weighted by atomic mass is 32.2. The number of rotatable bonds is 12. The maximum atomic E-state index is 13.5. The number of nitrogens with zero attached hydrogens (tertiary/aromatic N) is 2.